The van der Waals surface area contributed by atoms with Gasteiger partial charge in [0.25, 0.3) is 5.91 Å². The summed E-state index contributed by atoms with van der Waals surface area (Å²) in [6, 6.07) is 18.4. The number of nitrogens with zero attached hydrogens (tertiary/aromatic N) is 2. The first kappa shape index (κ1) is 20.0. The number of anilines is 2. The smallest absolute Gasteiger partial charge is 0.266 e. The number of imide groups is 1. The van der Waals surface area contributed by atoms with Crippen LogP contribution in [0.5, 0.6) is 11.5 Å². The molecule has 0 radical (unpaired) electrons. The molecular weight excluding hydrogens is 415 g/mol. The summed E-state index contributed by atoms with van der Waals surface area (Å²) in [7, 11) is 1.43. The van der Waals surface area contributed by atoms with E-state index in [9.17, 15) is 19.1 Å². The van der Waals surface area contributed by atoms with Gasteiger partial charge in [-0.15, -0.1) is 0 Å². The van der Waals surface area contributed by atoms with Crippen LogP contribution in [-0.2, 0) is 14.4 Å². The number of amides is 2. The lowest BCUT2D eigenvalue weighted by atomic mass is 9.90. The lowest BCUT2D eigenvalue weighted by Gasteiger charge is -2.29. The van der Waals surface area contributed by atoms with E-state index >= 15 is 0 Å². The Balaban J connectivity index is 1.60. The summed E-state index contributed by atoms with van der Waals surface area (Å²) in [5.41, 5.74) is 1.60. The highest BCUT2D eigenvalue weighted by Gasteiger charge is 2.60. The van der Waals surface area contributed by atoms with E-state index in [0.717, 1.165) is 4.90 Å². The molecule has 2 fully saturated rings. The molecule has 0 unspecified atom stereocenters. The Morgan fingerprint density at radius 3 is 2.34 bits per heavy atom. The number of hydrogen-bond acceptors (Lipinski definition) is 6. The summed E-state index contributed by atoms with van der Waals surface area (Å²) in [4.78, 5) is 33.8. The van der Waals surface area contributed by atoms with Crippen LogP contribution < -0.4 is 14.7 Å². The van der Waals surface area contributed by atoms with Gasteiger partial charge in [0.05, 0.1) is 24.5 Å². The van der Waals surface area contributed by atoms with Crippen molar-refractivity contribution in [2.45, 2.75) is 12.1 Å². The second-order valence-electron chi connectivity index (χ2n) is 7.58. The van der Waals surface area contributed by atoms with Crippen molar-refractivity contribution in [3.8, 4) is 11.5 Å². The second kappa shape index (κ2) is 7.65. The van der Waals surface area contributed by atoms with E-state index in [1.807, 2.05) is 30.3 Å². The minimum atomic E-state index is -1.04. The van der Waals surface area contributed by atoms with Gasteiger partial charge in [-0.2, -0.15) is 0 Å². The number of carbonyl (C=O) groups excluding carboxylic acids is 2. The van der Waals surface area contributed by atoms with Crippen molar-refractivity contribution < 1.29 is 28.7 Å². The first-order valence-electron chi connectivity index (χ1n) is 10.0. The third kappa shape index (κ3) is 3.07. The molecule has 2 heterocycles. The van der Waals surface area contributed by atoms with E-state index in [4.69, 9.17) is 9.57 Å². The Kier molecular flexibility index (Phi) is 4.79. The first-order chi connectivity index (χ1) is 15.5. The van der Waals surface area contributed by atoms with Crippen LogP contribution in [0, 0.1) is 11.7 Å². The largest absolute Gasteiger partial charge is 0.504 e. The van der Waals surface area contributed by atoms with E-state index in [2.05, 4.69) is 0 Å². The van der Waals surface area contributed by atoms with Crippen molar-refractivity contribution >= 4 is 23.2 Å². The molecule has 1 N–H and O–H groups in total. The number of benzene rings is 3. The molecule has 2 aliphatic heterocycles. The molecule has 32 heavy (non-hydrogen) atoms. The minimum absolute atomic E-state index is 0.0419. The maximum absolute atomic E-state index is 13.5. The average Bonchev–Trinajstić information content (AvgIpc) is 3.32. The quantitative estimate of drug-likeness (QED) is 0.633. The van der Waals surface area contributed by atoms with Gasteiger partial charge in [-0.3, -0.25) is 14.4 Å². The molecule has 7 nitrogen and oxygen atoms in total. The second-order valence-corrected chi connectivity index (χ2v) is 7.58. The van der Waals surface area contributed by atoms with Crippen molar-refractivity contribution in [2.24, 2.45) is 5.92 Å². The number of hydroxylamine groups is 1. The maximum Gasteiger partial charge on any atom is 0.266 e. The number of phenols is 1. The highest BCUT2D eigenvalue weighted by atomic mass is 19.1. The summed E-state index contributed by atoms with van der Waals surface area (Å²) in [6.07, 6.45) is -1.04. The number of fused-ring (bicyclic) bond motifs is 1. The molecule has 2 aliphatic rings. The van der Waals surface area contributed by atoms with Crippen molar-refractivity contribution in [3.63, 3.8) is 0 Å². The van der Waals surface area contributed by atoms with Gasteiger partial charge >= 0.3 is 0 Å². The molecule has 0 aromatic heterocycles. The number of ether oxygens (including phenoxy) is 1. The van der Waals surface area contributed by atoms with Crippen molar-refractivity contribution in [1.82, 2.24) is 0 Å². The predicted molar refractivity (Wildman–Crippen MR) is 114 cm³/mol. The Hall–Kier alpha value is -3.91. The molecule has 2 saturated heterocycles. The molecule has 0 spiro atoms. The fraction of sp³-hybridized carbons (Fsp3) is 0.167. The van der Waals surface area contributed by atoms with Crippen LogP contribution >= 0.6 is 0 Å². The Labute approximate surface area is 183 Å². The molecule has 0 aliphatic carbocycles. The zero-order valence-corrected chi connectivity index (χ0v) is 17.0. The van der Waals surface area contributed by atoms with E-state index in [0.29, 0.717) is 11.3 Å². The van der Waals surface area contributed by atoms with Crippen LogP contribution in [0.4, 0.5) is 15.8 Å². The molecule has 162 valence electrons. The topological polar surface area (TPSA) is 79.3 Å². The van der Waals surface area contributed by atoms with Gasteiger partial charge < -0.3 is 9.84 Å². The van der Waals surface area contributed by atoms with E-state index in [1.54, 1.807) is 17.2 Å². The Bertz CT molecular complexity index is 1180. The molecule has 8 heteroatoms. The van der Waals surface area contributed by atoms with Gasteiger partial charge in [0.2, 0.25) is 5.91 Å². The number of para-hydroxylation sites is 1. The number of phenolic OH excluding ortho intramolecular Hbond substituents is 1. The fourth-order valence-corrected chi connectivity index (χ4v) is 4.28. The van der Waals surface area contributed by atoms with Gasteiger partial charge in [-0.25, -0.2) is 14.4 Å². The third-order valence-corrected chi connectivity index (χ3v) is 5.76. The SMILES string of the molecule is COc1cc([C@@H]2[C@@H]3C(=O)N(c4ccc(F)cc4)C(=O)[C@@H]3ON2c2ccccc2)ccc1O. The molecule has 0 bridgehead atoms. The van der Waals surface area contributed by atoms with Crippen molar-refractivity contribution in [3.05, 3.63) is 84.2 Å². The van der Waals surface area contributed by atoms with Crippen LogP contribution in [0.1, 0.15) is 11.6 Å². The van der Waals surface area contributed by atoms with Crippen LogP contribution in [-0.4, -0.2) is 30.1 Å². The normalized spacial score (nSPS) is 22.4. The number of halogens is 1. The van der Waals surface area contributed by atoms with Crippen molar-refractivity contribution in [1.29, 1.82) is 0 Å². The first-order valence-corrected chi connectivity index (χ1v) is 10.0. The van der Waals surface area contributed by atoms with Crippen LogP contribution in [0.2, 0.25) is 0 Å². The zero-order valence-electron chi connectivity index (χ0n) is 17.0. The molecule has 0 saturated carbocycles. The van der Waals surface area contributed by atoms with Gasteiger partial charge in [-0.05, 0) is 54.1 Å². The minimum Gasteiger partial charge on any atom is -0.504 e. The fourth-order valence-electron chi connectivity index (χ4n) is 4.28. The van der Waals surface area contributed by atoms with Crippen LogP contribution in [0.3, 0.4) is 0 Å². The number of aromatic hydroxyl groups is 1. The summed E-state index contributed by atoms with van der Waals surface area (Å²) < 4.78 is 18.6. The molecule has 3 aromatic carbocycles. The van der Waals surface area contributed by atoms with E-state index in [1.165, 1.54) is 37.4 Å². The molecule has 5 rings (SSSR count). The average molecular weight is 434 g/mol. The molecule has 2 amide bonds. The summed E-state index contributed by atoms with van der Waals surface area (Å²) in [5.74, 6) is -2.07. The number of carbonyl (C=O) groups is 2. The van der Waals surface area contributed by atoms with E-state index < -0.39 is 35.7 Å². The lowest BCUT2D eigenvalue weighted by molar-refractivity contribution is -0.126. The van der Waals surface area contributed by atoms with Crippen molar-refractivity contribution in [2.75, 3.05) is 17.1 Å². The highest BCUT2D eigenvalue weighted by molar-refractivity contribution is 6.23. The molecular formula is C24H19FN2O5. The lowest BCUT2D eigenvalue weighted by Crippen LogP contribution is -2.37. The summed E-state index contributed by atoms with van der Waals surface area (Å²) in [6.45, 7) is 0. The Morgan fingerprint density at radius 2 is 1.66 bits per heavy atom. The van der Waals surface area contributed by atoms with Gasteiger partial charge in [0.15, 0.2) is 17.6 Å². The van der Waals surface area contributed by atoms with Gasteiger partial charge in [0.1, 0.15) is 11.7 Å². The summed E-state index contributed by atoms with van der Waals surface area (Å²) >= 11 is 0. The van der Waals surface area contributed by atoms with E-state index in [-0.39, 0.29) is 17.2 Å². The third-order valence-electron chi connectivity index (χ3n) is 5.76. The standard InChI is InChI=1S/C24H19FN2O5/c1-31-19-13-14(7-12-18(19)28)21-20-22(32-27(21)17-5-3-2-4-6-17)24(30)26(23(20)29)16-10-8-15(25)9-11-16/h2-13,20-22,28H,1H3/t20-,21+,22+/m0/s1. The van der Waals surface area contributed by atoms with Crippen LogP contribution in [0.15, 0.2) is 72.8 Å². The van der Waals surface area contributed by atoms with Crippen LogP contribution in [0.25, 0.3) is 0 Å². The molecule has 3 atom stereocenters. The zero-order chi connectivity index (χ0) is 22.4. The molecule has 3 aromatic rings. The Morgan fingerprint density at radius 1 is 0.938 bits per heavy atom. The maximum atomic E-state index is 13.5. The number of rotatable bonds is 4. The summed E-state index contributed by atoms with van der Waals surface area (Å²) in [5, 5.41) is 11.6. The highest BCUT2D eigenvalue weighted by Crippen LogP contribution is 2.48. The number of hydrogen-bond donors (Lipinski definition) is 1. The predicted octanol–water partition coefficient (Wildman–Crippen LogP) is 3.59. The van der Waals surface area contributed by atoms with Gasteiger partial charge in [0, 0.05) is 0 Å². The van der Waals surface area contributed by atoms with Gasteiger partial charge in [-0.1, -0.05) is 24.3 Å². The number of methoxy groups -OCH3 is 1. The monoisotopic (exact) mass is 434 g/mol.